The number of nitrogens with two attached hydrogens (primary N) is 1. The summed E-state index contributed by atoms with van der Waals surface area (Å²) < 4.78 is 2.91. The largest absolute Gasteiger partial charge is 0.384 e. The van der Waals surface area contributed by atoms with E-state index in [2.05, 4.69) is 40.1 Å². The third kappa shape index (κ3) is 2.21. The van der Waals surface area contributed by atoms with Crippen molar-refractivity contribution in [1.82, 2.24) is 9.78 Å². The molecule has 4 heteroatoms. The Balaban J connectivity index is 2.25. The van der Waals surface area contributed by atoms with Crippen molar-refractivity contribution in [2.75, 3.05) is 5.73 Å². The minimum Gasteiger partial charge on any atom is -0.384 e. The fourth-order valence-electron chi connectivity index (χ4n) is 1.45. The van der Waals surface area contributed by atoms with Crippen LogP contribution in [0.15, 0.2) is 34.9 Å². The van der Waals surface area contributed by atoms with Gasteiger partial charge >= 0.3 is 0 Å². The second-order valence-corrected chi connectivity index (χ2v) is 4.35. The molecule has 1 heterocycles. The van der Waals surface area contributed by atoms with E-state index in [9.17, 15) is 0 Å². The minimum atomic E-state index is 0.690. The molecule has 2 N–H and O–H groups in total. The minimum absolute atomic E-state index is 0.690. The number of nitrogens with zero attached hydrogens (tertiary/aromatic N) is 2. The summed E-state index contributed by atoms with van der Waals surface area (Å²) in [7, 11) is 0. The van der Waals surface area contributed by atoms with Crippen LogP contribution in [0.1, 0.15) is 11.1 Å². The van der Waals surface area contributed by atoms with Crippen LogP contribution in [-0.4, -0.2) is 9.78 Å². The van der Waals surface area contributed by atoms with E-state index in [1.165, 1.54) is 11.1 Å². The van der Waals surface area contributed by atoms with Gasteiger partial charge in [0, 0.05) is 4.47 Å². The van der Waals surface area contributed by atoms with E-state index in [-0.39, 0.29) is 0 Å². The monoisotopic (exact) mass is 265 g/mol. The van der Waals surface area contributed by atoms with Gasteiger partial charge in [-0.05, 0) is 30.2 Å². The van der Waals surface area contributed by atoms with Gasteiger partial charge in [-0.3, -0.25) is 0 Å². The molecule has 78 valence electrons. The Morgan fingerprint density at radius 3 is 2.80 bits per heavy atom. The predicted molar refractivity (Wildman–Crippen MR) is 64.6 cm³/mol. The molecule has 0 fully saturated rings. The van der Waals surface area contributed by atoms with Gasteiger partial charge in [-0.1, -0.05) is 28.1 Å². The Morgan fingerprint density at radius 1 is 1.40 bits per heavy atom. The van der Waals surface area contributed by atoms with Crippen LogP contribution in [0.5, 0.6) is 0 Å². The third-order valence-electron chi connectivity index (χ3n) is 2.30. The topological polar surface area (TPSA) is 43.8 Å². The summed E-state index contributed by atoms with van der Waals surface area (Å²) in [5, 5.41) is 4.14. The number of hydrogen-bond acceptors (Lipinski definition) is 2. The Hall–Kier alpha value is -1.29. The highest BCUT2D eigenvalue weighted by Gasteiger charge is 2.01. The molecule has 0 aliphatic rings. The molecule has 0 atom stereocenters. The molecule has 0 spiro atoms. The molecule has 2 rings (SSSR count). The van der Waals surface area contributed by atoms with E-state index >= 15 is 0 Å². The Bertz CT molecular complexity index is 476. The standard InChI is InChI=1S/C11H12BrN3/c1-8-6-9(2-3-10(8)12)7-15-11(13)4-5-14-15/h2-6H,7,13H2,1H3. The van der Waals surface area contributed by atoms with Crippen molar-refractivity contribution in [3.05, 3.63) is 46.1 Å². The molecule has 0 bridgehead atoms. The number of hydrogen-bond donors (Lipinski definition) is 1. The third-order valence-corrected chi connectivity index (χ3v) is 3.19. The number of halogens is 1. The van der Waals surface area contributed by atoms with Gasteiger partial charge in [-0.25, -0.2) is 4.68 Å². The van der Waals surface area contributed by atoms with E-state index in [0.29, 0.717) is 12.4 Å². The van der Waals surface area contributed by atoms with Crippen LogP contribution in [0, 0.1) is 6.92 Å². The Morgan fingerprint density at radius 2 is 2.20 bits per heavy atom. The maximum absolute atomic E-state index is 5.75. The first kappa shape index (κ1) is 10.2. The van der Waals surface area contributed by atoms with E-state index in [4.69, 9.17) is 5.73 Å². The average molecular weight is 266 g/mol. The number of aryl methyl sites for hydroxylation is 1. The zero-order chi connectivity index (χ0) is 10.8. The highest BCUT2D eigenvalue weighted by atomic mass is 79.9. The lowest BCUT2D eigenvalue weighted by atomic mass is 10.1. The maximum atomic E-state index is 5.75. The molecule has 0 saturated heterocycles. The van der Waals surface area contributed by atoms with Crippen LogP contribution in [0.4, 0.5) is 5.82 Å². The first-order valence-electron chi connectivity index (χ1n) is 4.69. The SMILES string of the molecule is Cc1cc(Cn2nccc2N)ccc1Br. The van der Waals surface area contributed by atoms with Crippen LogP contribution in [0.25, 0.3) is 0 Å². The molecular weight excluding hydrogens is 254 g/mol. The van der Waals surface area contributed by atoms with Crippen LogP contribution in [-0.2, 0) is 6.54 Å². The summed E-state index contributed by atoms with van der Waals surface area (Å²) in [6.07, 6.45) is 1.71. The first-order chi connectivity index (χ1) is 7.16. The first-order valence-corrected chi connectivity index (χ1v) is 5.48. The van der Waals surface area contributed by atoms with E-state index in [0.717, 1.165) is 4.47 Å². The summed E-state index contributed by atoms with van der Waals surface area (Å²) in [4.78, 5) is 0. The smallest absolute Gasteiger partial charge is 0.122 e. The van der Waals surface area contributed by atoms with Crippen molar-refractivity contribution in [2.24, 2.45) is 0 Å². The highest BCUT2D eigenvalue weighted by molar-refractivity contribution is 9.10. The quantitative estimate of drug-likeness (QED) is 0.907. The zero-order valence-electron chi connectivity index (χ0n) is 8.44. The van der Waals surface area contributed by atoms with Crippen molar-refractivity contribution in [2.45, 2.75) is 13.5 Å². The number of benzene rings is 1. The molecule has 0 aliphatic heterocycles. The Kier molecular flexibility index (Phi) is 2.77. The van der Waals surface area contributed by atoms with Gasteiger partial charge in [0.25, 0.3) is 0 Å². The molecule has 2 aromatic rings. The van der Waals surface area contributed by atoms with Crippen LogP contribution >= 0.6 is 15.9 Å². The van der Waals surface area contributed by atoms with Gasteiger partial charge < -0.3 is 5.73 Å². The summed E-state index contributed by atoms with van der Waals surface area (Å²) >= 11 is 3.47. The average Bonchev–Trinajstić information content (AvgIpc) is 2.59. The van der Waals surface area contributed by atoms with Crippen molar-refractivity contribution >= 4 is 21.7 Å². The molecule has 15 heavy (non-hydrogen) atoms. The van der Waals surface area contributed by atoms with Crippen LogP contribution < -0.4 is 5.73 Å². The van der Waals surface area contributed by atoms with Crippen molar-refractivity contribution in [3.8, 4) is 0 Å². The van der Waals surface area contributed by atoms with E-state index < -0.39 is 0 Å². The summed E-state index contributed by atoms with van der Waals surface area (Å²) in [5.74, 6) is 0.690. The Labute approximate surface area is 97.0 Å². The molecule has 0 radical (unpaired) electrons. The molecule has 0 unspecified atom stereocenters. The van der Waals surface area contributed by atoms with Crippen molar-refractivity contribution in [1.29, 1.82) is 0 Å². The van der Waals surface area contributed by atoms with E-state index in [1.54, 1.807) is 16.9 Å². The second kappa shape index (κ2) is 4.06. The predicted octanol–water partition coefficient (Wildman–Crippen LogP) is 2.58. The fraction of sp³-hybridized carbons (Fsp3) is 0.182. The molecule has 1 aromatic carbocycles. The molecule has 1 aromatic heterocycles. The summed E-state index contributed by atoms with van der Waals surface area (Å²) in [5.41, 5.74) is 8.17. The van der Waals surface area contributed by atoms with Crippen LogP contribution in [0.2, 0.25) is 0 Å². The number of nitrogen functional groups attached to an aromatic ring is 1. The van der Waals surface area contributed by atoms with Gasteiger partial charge in [0.05, 0.1) is 12.7 Å². The molecular formula is C11H12BrN3. The lowest BCUT2D eigenvalue weighted by Crippen LogP contribution is -2.05. The summed E-state index contributed by atoms with van der Waals surface area (Å²) in [6.45, 7) is 2.78. The number of anilines is 1. The normalized spacial score (nSPS) is 10.5. The fourth-order valence-corrected chi connectivity index (χ4v) is 1.70. The number of rotatable bonds is 2. The highest BCUT2D eigenvalue weighted by Crippen LogP contribution is 2.18. The second-order valence-electron chi connectivity index (χ2n) is 3.50. The molecule has 0 amide bonds. The van der Waals surface area contributed by atoms with Gasteiger partial charge in [-0.15, -0.1) is 0 Å². The van der Waals surface area contributed by atoms with Crippen molar-refractivity contribution < 1.29 is 0 Å². The van der Waals surface area contributed by atoms with Gasteiger partial charge in [0.2, 0.25) is 0 Å². The van der Waals surface area contributed by atoms with E-state index in [1.807, 2.05) is 6.07 Å². The van der Waals surface area contributed by atoms with Crippen molar-refractivity contribution in [3.63, 3.8) is 0 Å². The van der Waals surface area contributed by atoms with Gasteiger partial charge in [0.15, 0.2) is 0 Å². The molecule has 0 aliphatic carbocycles. The number of aromatic nitrogens is 2. The lowest BCUT2D eigenvalue weighted by Gasteiger charge is -2.06. The lowest BCUT2D eigenvalue weighted by molar-refractivity contribution is 0.696. The zero-order valence-corrected chi connectivity index (χ0v) is 10.0. The summed E-state index contributed by atoms with van der Waals surface area (Å²) in [6, 6.07) is 8.04. The maximum Gasteiger partial charge on any atom is 0.122 e. The van der Waals surface area contributed by atoms with Gasteiger partial charge in [0.1, 0.15) is 5.82 Å². The molecule has 0 saturated carbocycles. The molecule has 3 nitrogen and oxygen atoms in total. The van der Waals surface area contributed by atoms with Crippen LogP contribution in [0.3, 0.4) is 0 Å². The van der Waals surface area contributed by atoms with Gasteiger partial charge in [-0.2, -0.15) is 5.10 Å².